The van der Waals surface area contributed by atoms with Crippen LogP contribution in [0.2, 0.25) is 0 Å². The first-order valence-electron chi connectivity index (χ1n) is 6.25. The molecule has 1 aromatic heterocycles. The van der Waals surface area contributed by atoms with Crippen molar-refractivity contribution in [2.24, 2.45) is 5.73 Å². The zero-order valence-electron chi connectivity index (χ0n) is 10.7. The van der Waals surface area contributed by atoms with Crippen molar-refractivity contribution in [1.82, 2.24) is 0 Å². The molecule has 0 aliphatic heterocycles. The first-order valence-corrected chi connectivity index (χ1v) is 6.25. The number of phenols is 1. The Bertz CT molecular complexity index is 822. The van der Waals surface area contributed by atoms with Gasteiger partial charge in [0.05, 0.1) is 0 Å². The van der Waals surface area contributed by atoms with Gasteiger partial charge in [0.15, 0.2) is 5.43 Å². The normalized spacial score (nSPS) is 10.8. The Morgan fingerprint density at radius 3 is 2.55 bits per heavy atom. The number of fused-ring (bicyclic) bond motifs is 1. The number of phenolic OH excluding ortho intramolecular Hbond substituents is 1. The maximum Gasteiger partial charge on any atom is 0.197 e. The molecule has 0 spiro atoms. The molecular weight excluding hydrogens is 254 g/mol. The van der Waals surface area contributed by atoms with E-state index in [0.717, 1.165) is 5.56 Å². The largest absolute Gasteiger partial charge is 0.507 e. The highest BCUT2D eigenvalue weighted by Gasteiger charge is 2.12. The molecule has 0 radical (unpaired) electrons. The van der Waals surface area contributed by atoms with Gasteiger partial charge in [0, 0.05) is 23.7 Å². The van der Waals surface area contributed by atoms with Crippen molar-refractivity contribution in [2.45, 2.75) is 6.54 Å². The van der Waals surface area contributed by atoms with Gasteiger partial charge < -0.3 is 15.3 Å². The fraction of sp³-hybridized carbons (Fsp3) is 0.0625. The number of hydrogen-bond donors (Lipinski definition) is 2. The van der Waals surface area contributed by atoms with E-state index in [0.29, 0.717) is 16.9 Å². The SMILES string of the molecule is NCc1ccc2oc(-c3ccccc3)cc(=O)c2c1O. The van der Waals surface area contributed by atoms with Gasteiger partial charge in [0.1, 0.15) is 22.5 Å². The second-order valence-corrected chi connectivity index (χ2v) is 4.49. The molecule has 0 saturated carbocycles. The van der Waals surface area contributed by atoms with Crippen LogP contribution in [0.3, 0.4) is 0 Å². The standard InChI is InChI=1S/C16H13NO3/c17-9-11-6-7-13-15(16(11)19)12(18)8-14(20-13)10-4-2-1-3-5-10/h1-8,19H,9,17H2. The first-order chi connectivity index (χ1) is 9.70. The summed E-state index contributed by atoms with van der Waals surface area (Å²) < 4.78 is 5.71. The van der Waals surface area contributed by atoms with Crippen molar-refractivity contribution >= 4 is 11.0 Å². The van der Waals surface area contributed by atoms with E-state index >= 15 is 0 Å². The lowest BCUT2D eigenvalue weighted by Crippen LogP contribution is -2.04. The number of hydrogen-bond acceptors (Lipinski definition) is 4. The number of aromatic hydroxyl groups is 1. The monoisotopic (exact) mass is 267 g/mol. The van der Waals surface area contributed by atoms with Crippen LogP contribution in [0.5, 0.6) is 5.75 Å². The minimum absolute atomic E-state index is 0.0987. The molecule has 0 amide bonds. The molecule has 0 fully saturated rings. The molecule has 0 aliphatic carbocycles. The highest BCUT2D eigenvalue weighted by molar-refractivity contribution is 5.85. The maximum absolute atomic E-state index is 12.2. The highest BCUT2D eigenvalue weighted by atomic mass is 16.3. The minimum atomic E-state index is -0.280. The Balaban J connectivity index is 2.29. The quantitative estimate of drug-likeness (QED) is 0.748. The fourth-order valence-electron chi connectivity index (χ4n) is 2.19. The van der Waals surface area contributed by atoms with Gasteiger partial charge in [-0.2, -0.15) is 0 Å². The van der Waals surface area contributed by atoms with Crippen molar-refractivity contribution in [1.29, 1.82) is 0 Å². The van der Waals surface area contributed by atoms with Gasteiger partial charge in [-0.05, 0) is 6.07 Å². The van der Waals surface area contributed by atoms with Crippen LogP contribution in [-0.4, -0.2) is 5.11 Å². The smallest absolute Gasteiger partial charge is 0.197 e. The average Bonchev–Trinajstić information content (AvgIpc) is 2.48. The summed E-state index contributed by atoms with van der Waals surface area (Å²) in [4.78, 5) is 12.2. The molecule has 4 heteroatoms. The molecule has 0 saturated heterocycles. The van der Waals surface area contributed by atoms with Gasteiger partial charge >= 0.3 is 0 Å². The van der Waals surface area contributed by atoms with Crippen molar-refractivity contribution in [3.05, 3.63) is 64.3 Å². The molecule has 3 N–H and O–H groups in total. The van der Waals surface area contributed by atoms with E-state index < -0.39 is 0 Å². The molecule has 20 heavy (non-hydrogen) atoms. The van der Waals surface area contributed by atoms with Crippen LogP contribution in [0.4, 0.5) is 0 Å². The second-order valence-electron chi connectivity index (χ2n) is 4.49. The lowest BCUT2D eigenvalue weighted by molar-refractivity contribution is 0.473. The Kier molecular flexibility index (Phi) is 3.00. The van der Waals surface area contributed by atoms with Gasteiger partial charge in [-0.1, -0.05) is 36.4 Å². The summed E-state index contributed by atoms with van der Waals surface area (Å²) in [7, 11) is 0. The van der Waals surface area contributed by atoms with Crippen molar-refractivity contribution in [3.8, 4) is 17.1 Å². The summed E-state index contributed by atoms with van der Waals surface area (Å²) in [5.74, 6) is 0.376. The molecule has 0 atom stereocenters. The summed E-state index contributed by atoms with van der Waals surface area (Å²) in [6.45, 7) is 0.168. The molecular formula is C16H13NO3. The molecule has 2 aromatic carbocycles. The predicted molar refractivity (Wildman–Crippen MR) is 77.5 cm³/mol. The molecule has 1 heterocycles. The Hall–Kier alpha value is -2.59. The Morgan fingerprint density at radius 2 is 1.85 bits per heavy atom. The summed E-state index contributed by atoms with van der Waals surface area (Å²) in [5, 5.41) is 10.2. The summed E-state index contributed by atoms with van der Waals surface area (Å²) in [5.41, 5.74) is 6.93. The third kappa shape index (κ3) is 1.96. The van der Waals surface area contributed by atoms with Crippen molar-refractivity contribution in [3.63, 3.8) is 0 Å². The van der Waals surface area contributed by atoms with E-state index in [1.165, 1.54) is 6.07 Å². The van der Waals surface area contributed by atoms with E-state index in [1.807, 2.05) is 30.3 Å². The topological polar surface area (TPSA) is 76.5 Å². The van der Waals surface area contributed by atoms with Crippen LogP contribution in [0.1, 0.15) is 5.56 Å². The third-order valence-corrected chi connectivity index (χ3v) is 3.23. The molecule has 0 bridgehead atoms. The van der Waals surface area contributed by atoms with Gasteiger partial charge in [0.25, 0.3) is 0 Å². The molecule has 100 valence electrons. The van der Waals surface area contributed by atoms with Crippen LogP contribution in [0.15, 0.2) is 57.7 Å². The van der Waals surface area contributed by atoms with Crippen molar-refractivity contribution < 1.29 is 9.52 Å². The van der Waals surface area contributed by atoms with Gasteiger partial charge in [-0.25, -0.2) is 0 Å². The van der Waals surface area contributed by atoms with E-state index in [9.17, 15) is 9.90 Å². The van der Waals surface area contributed by atoms with E-state index in [1.54, 1.807) is 12.1 Å². The van der Waals surface area contributed by atoms with Crippen molar-refractivity contribution in [2.75, 3.05) is 0 Å². The van der Waals surface area contributed by atoms with Gasteiger partial charge in [-0.15, -0.1) is 0 Å². The zero-order valence-corrected chi connectivity index (χ0v) is 10.7. The van der Waals surface area contributed by atoms with Crippen LogP contribution in [-0.2, 0) is 6.54 Å². The summed E-state index contributed by atoms with van der Waals surface area (Å²) in [6, 6.07) is 14.1. The second kappa shape index (κ2) is 4.83. The molecule has 3 aromatic rings. The number of rotatable bonds is 2. The third-order valence-electron chi connectivity index (χ3n) is 3.23. The molecule has 0 aliphatic rings. The van der Waals surface area contributed by atoms with Gasteiger partial charge in [0.2, 0.25) is 0 Å². The maximum atomic E-state index is 12.2. The molecule has 4 nitrogen and oxygen atoms in total. The van der Waals surface area contributed by atoms with E-state index in [-0.39, 0.29) is 23.1 Å². The predicted octanol–water partition coefficient (Wildman–Crippen LogP) is 2.62. The molecule has 0 unspecified atom stereocenters. The van der Waals surface area contributed by atoms with Crippen LogP contribution in [0, 0.1) is 0 Å². The fourth-order valence-corrected chi connectivity index (χ4v) is 2.19. The Labute approximate surface area is 115 Å². The zero-order chi connectivity index (χ0) is 14.1. The van der Waals surface area contributed by atoms with Crippen LogP contribution in [0.25, 0.3) is 22.3 Å². The van der Waals surface area contributed by atoms with Crippen LogP contribution >= 0.6 is 0 Å². The lowest BCUT2D eigenvalue weighted by Gasteiger charge is -2.07. The number of benzene rings is 2. The highest BCUT2D eigenvalue weighted by Crippen LogP contribution is 2.29. The van der Waals surface area contributed by atoms with E-state index in [2.05, 4.69) is 0 Å². The Morgan fingerprint density at radius 1 is 1.10 bits per heavy atom. The lowest BCUT2D eigenvalue weighted by atomic mass is 10.1. The van der Waals surface area contributed by atoms with E-state index in [4.69, 9.17) is 10.2 Å². The summed E-state index contributed by atoms with van der Waals surface area (Å²) in [6.07, 6.45) is 0. The minimum Gasteiger partial charge on any atom is -0.507 e. The number of nitrogens with two attached hydrogens (primary N) is 1. The average molecular weight is 267 g/mol. The van der Waals surface area contributed by atoms with Crippen LogP contribution < -0.4 is 11.2 Å². The van der Waals surface area contributed by atoms with Gasteiger partial charge in [-0.3, -0.25) is 4.79 Å². The first kappa shape index (κ1) is 12.4. The molecule has 3 rings (SSSR count). The summed E-state index contributed by atoms with van der Waals surface area (Å²) >= 11 is 0.